The van der Waals surface area contributed by atoms with E-state index in [0.29, 0.717) is 26.1 Å². The Kier molecular flexibility index (Phi) is 9.17. The summed E-state index contributed by atoms with van der Waals surface area (Å²) in [5.74, 6) is -0.0172. The molecule has 0 bridgehead atoms. The topological polar surface area (TPSA) is 61.4 Å². The molecule has 2 aromatic rings. The van der Waals surface area contributed by atoms with Crippen LogP contribution in [0.3, 0.4) is 0 Å². The molecule has 3 rings (SSSR count). The standard InChI is InChI=1S/C22H27N3O2.BrH/c26-21(16-18-8-3-1-4-9-18)25-15-7-12-20(25)22(27)24-14-13-23-17-19-10-5-2-6-11-19;/h1-6,8-11,20,23H,7,12-17H2,(H,24,27);1H/t20-;/m1./s1. The van der Waals surface area contributed by atoms with Gasteiger partial charge in [-0.05, 0) is 24.0 Å². The van der Waals surface area contributed by atoms with Gasteiger partial charge in [0.05, 0.1) is 6.42 Å². The lowest BCUT2D eigenvalue weighted by Gasteiger charge is -2.24. The highest BCUT2D eigenvalue weighted by atomic mass is 79.9. The summed E-state index contributed by atoms with van der Waals surface area (Å²) in [5.41, 5.74) is 2.20. The van der Waals surface area contributed by atoms with Crippen molar-refractivity contribution in [2.75, 3.05) is 19.6 Å². The van der Waals surface area contributed by atoms with E-state index in [1.807, 2.05) is 48.5 Å². The molecule has 0 radical (unpaired) electrons. The van der Waals surface area contributed by atoms with Crippen molar-refractivity contribution in [2.45, 2.75) is 31.8 Å². The van der Waals surface area contributed by atoms with Crippen molar-refractivity contribution >= 4 is 28.8 Å². The Morgan fingerprint density at radius 1 is 0.929 bits per heavy atom. The van der Waals surface area contributed by atoms with Crippen molar-refractivity contribution < 1.29 is 9.59 Å². The number of rotatable bonds is 8. The fourth-order valence-corrected chi connectivity index (χ4v) is 3.43. The van der Waals surface area contributed by atoms with E-state index >= 15 is 0 Å². The minimum atomic E-state index is -0.338. The Hall–Kier alpha value is -2.18. The summed E-state index contributed by atoms with van der Waals surface area (Å²) in [5, 5.41) is 6.28. The van der Waals surface area contributed by atoms with Crippen molar-refractivity contribution in [3.05, 3.63) is 71.8 Å². The predicted molar refractivity (Wildman–Crippen MR) is 116 cm³/mol. The lowest BCUT2D eigenvalue weighted by Crippen LogP contribution is -2.47. The molecule has 1 saturated heterocycles. The van der Waals surface area contributed by atoms with Crippen LogP contribution in [0.5, 0.6) is 0 Å². The van der Waals surface area contributed by atoms with Gasteiger partial charge < -0.3 is 15.5 Å². The number of hydrogen-bond acceptors (Lipinski definition) is 3. The third kappa shape index (κ3) is 6.46. The van der Waals surface area contributed by atoms with Gasteiger partial charge >= 0.3 is 0 Å². The second kappa shape index (κ2) is 11.6. The molecule has 1 heterocycles. The molecule has 5 nitrogen and oxygen atoms in total. The molecule has 1 aliphatic rings. The van der Waals surface area contributed by atoms with E-state index in [4.69, 9.17) is 0 Å². The normalized spacial score (nSPS) is 15.7. The first kappa shape index (κ1) is 22.1. The molecule has 150 valence electrons. The van der Waals surface area contributed by atoms with E-state index in [2.05, 4.69) is 22.8 Å². The number of benzene rings is 2. The SMILES string of the molecule is Br.O=C(NCCNCc1ccccc1)[C@H]1CCCN1C(=O)Cc1ccccc1. The van der Waals surface area contributed by atoms with E-state index in [-0.39, 0.29) is 34.8 Å². The number of carbonyl (C=O) groups is 2. The minimum absolute atomic E-state index is 0. The fraction of sp³-hybridized carbons (Fsp3) is 0.364. The Labute approximate surface area is 177 Å². The summed E-state index contributed by atoms with van der Waals surface area (Å²) >= 11 is 0. The van der Waals surface area contributed by atoms with E-state index in [1.165, 1.54) is 5.56 Å². The highest BCUT2D eigenvalue weighted by Crippen LogP contribution is 2.19. The Balaban J connectivity index is 0.00000280. The first-order valence-corrected chi connectivity index (χ1v) is 9.60. The fourth-order valence-electron chi connectivity index (χ4n) is 3.43. The Morgan fingerprint density at radius 2 is 1.57 bits per heavy atom. The summed E-state index contributed by atoms with van der Waals surface area (Å²) in [7, 11) is 0. The molecule has 2 aromatic carbocycles. The highest BCUT2D eigenvalue weighted by molar-refractivity contribution is 8.93. The monoisotopic (exact) mass is 445 g/mol. The van der Waals surface area contributed by atoms with Gasteiger partial charge in [0, 0.05) is 26.2 Å². The van der Waals surface area contributed by atoms with Crippen molar-refractivity contribution in [3.8, 4) is 0 Å². The number of carbonyl (C=O) groups excluding carboxylic acids is 2. The van der Waals surface area contributed by atoms with Gasteiger partial charge in [0.1, 0.15) is 6.04 Å². The highest BCUT2D eigenvalue weighted by Gasteiger charge is 2.33. The first-order chi connectivity index (χ1) is 13.2. The van der Waals surface area contributed by atoms with Crippen molar-refractivity contribution in [1.29, 1.82) is 0 Å². The van der Waals surface area contributed by atoms with Crippen molar-refractivity contribution in [2.24, 2.45) is 0 Å². The zero-order valence-corrected chi connectivity index (χ0v) is 17.7. The van der Waals surface area contributed by atoms with Crippen LogP contribution in [-0.4, -0.2) is 42.4 Å². The van der Waals surface area contributed by atoms with Crippen molar-refractivity contribution in [3.63, 3.8) is 0 Å². The molecule has 0 saturated carbocycles. The average molecular weight is 446 g/mol. The second-order valence-electron chi connectivity index (χ2n) is 6.86. The van der Waals surface area contributed by atoms with Gasteiger partial charge in [0.15, 0.2) is 0 Å². The largest absolute Gasteiger partial charge is 0.353 e. The molecule has 1 fully saturated rings. The van der Waals surface area contributed by atoms with Gasteiger partial charge in [-0.25, -0.2) is 0 Å². The summed E-state index contributed by atoms with van der Waals surface area (Å²) in [6.07, 6.45) is 1.97. The second-order valence-corrected chi connectivity index (χ2v) is 6.86. The van der Waals surface area contributed by atoms with Gasteiger partial charge in [-0.2, -0.15) is 0 Å². The number of hydrogen-bond donors (Lipinski definition) is 2. The van der Waals surface area contributed by atoms with E-state index in [1.54, 1.807) is 4.90 Å². The smallest absolute Gasteiger partial charge is 0.242 e. The maximum absolute atomic E-state index is 12.6. The van der Waals surface area contributed by atoms with Crippen LogP contribution in [0, 0.1) is 0 Å². The van der Waals surface area contributed by atoms with Crippen LogP contribution in [0.4, 0.5) is 0 Å². The van der Waals surface area contributed by atoms with Crippen LogP contribution in [-0.2, 0) is 22.6 Å². The molecular weight excluding hydrogens is 418 g/mol. The molecule has 2 amide bonds. The lowest BCUT2D eigenvalue weighted by atomic mass is 10.1. The summed E-state index contributed by atoms with van der Waals surface area (Å²) in [4.78, 5) is 26.8. The number of nitrogens with one attached hydrogen (secondary N) is 2. The van der Waals surface area contributed by atoms with Gasteiger partial charge in [0.25, 0.3) is 0 Å². The molecule has 1 atom stereocenters. The molecule has 0 unspecified atom stereocenters. The van der Waals surface area contributed by atoms with Gasteiger partial charge in [0.2, 0.25) is 11.8 Å². The van der Waals surface area contributed by atoms with Crippen molar-refractivity contribution in [1.82, 2.24) is 15.5 Å². The predicted octanol–water partition coefficient (Wildman–Crippen LogP) is 2.70. The Morgan fingerprint density at radius 3 is 2.25 bits per heavy atom. The summed E-state index contributed by atoms with van der Waals surface area (Å²) < 4.78 is 0. The molecule has 6 heteroatoms. The van der Waals surface area contributed by atoms with Crippen LogP contribution in [0.1, 0.15) is 24.0 Å². The number of likely N-dealkylation sites (tertiary alicyclic amines) is 1. The van der Waals surface area contributed by atoms with Gasteiger partial charge in [-0.15, -0.1) is 17.0 Å². The third-order valence-electron chi connectivity index (χ3n) is 4.85. The molecule has 28 heavy (non-hydrogen) atoms. The molecule has 0 spiro atoms. The van der Waals surface area contributed by atoms with Crippen LogP contribution in [0.15, 0.2) is 60.7 Å². The maximum atomic E-state index is 12.6. The average Bonchev–Trinajstić information content (AvgIpc) is 3.19. The van der Waals surface area contributed by atoms with Crippen LogP contribution in [0.2, 0.25) is 0 Å². The van der Waals surface area contributed by atoms with E-state index in [0.717, 1.165) is 24.9 Å². The van der Waals surface area contributed by atoms with Crippen LogP contribution >= 0.6 is 17.0 Å². The Bertz CT molecular complexity index is 740. The van der Waals surface area contributed by atoms with E-state index in [9.17, 15) is 9.59 Å². The van der Waals surface area contributed by atoms with Gasteiger partial charge in [-0.3, -0.25) is 9.59 Å². The summed E-state index contributed by atoms with van der Waals surface area (Å²) in [6.45, 7) is 2.70. The molecule has 1 aliphatic heterocycles. The first-order valence-electron chi connectivity index (χ1n) is 9.60. The maximum Gasteiger partial charge on any atom is 0.242 e. The number of nitrogens with zero attached hydrogens (tertiary/aromatic N) is 1. The quantitative estimate of drug-likeness (QED) is 0.614. The molecule has 0 aromatic heterocycles. The molecule has 2 N–H and O–H groups in total. The van der Waals surface area contributed by atoms with Crippen LogP contribution in [0.25, 0.3) is 0 Å². The van der Waals surface area contributed by atoms with Crippen LogP contribution < -0.4 is 10.6 Å². The number of halogens is 1. The number of amides is 2. The minimum Gasteiger partial charge on any atom is -0.353 e. The zero-order valence-electron chi connectivity index (χ0n) is 16.0. The van der Waals surface area contributed by atoms with E-state index < -0.39 is 0 Å². The lowest BCUT2D eigenvalue weighted by molar-refractivity contribution is -0.137. The molecular formula is C22H28BrN3O2. The van der Waals surface area contributed by atoms with Gasteiger partial charge in [-0.1, -0.05) is 60.7 Å². The molecule has 0 aliphatic carbocycles. The third-order valence-corrected chi connectivity index (χ3v) is 4.85. The zero-order chi connectivity index (χ0) is 18.9. The summed E-state index contributed by atoms with van der Waals surface area (Å²) in [6, 6.07) is 19.5.